The first kappa shape index (κ1) is 14.9. The Kier molecular flexibility index (Phi) is 4.35. The lowest BCUT2D eigenvalue weighted by molar-refractivity contribution is 0.0607. The highest BCUT2D eigenvalue weighted by Crippen LogP contribution is 2.45. The quantitative estimate of drug-likeness (QED) is 0.868. The van der Waals surface area contributed by atoms with Crippen molar-refractivity contribution in [1.29, 1.82) is 0 Å². The van der Waals surface area contributed by atoms with E-state index in [4.69, 9.17) is 15.2 Å². The number of methoxy groups -OCH3 is 2. The van der Waals surface area contributed by atoms with Gasteiger partial charge in [-0.25, -0.2) is 4.79 Å². The fourth-order valence-electron chi connectivity index (χ4n) is 2.00. The Hall–Kier alpha value is -1.53. The highest BCUT2D eigenvalue weighted by Gasteiger charge is 2.24. The Labute approximate surface area is 126 Å². The monoisotopic (exact) mass is 311 g/mol. The average molecular weight is 311 g/mol. The molecule has 0 amide bonds. The van der Waals surface area contributed by atoms with Crippen LogP contribution in [0.2, 0.25) is 0 Å². The summed E-state index contributed by atoms with van der Waals surface area (Å²) in [4.78, 5) is 14.3. The van der Waals surface area contributed by atoms with Gasteiger partial charge in [0.2, 0.25) is 0 Å². The van der Waals surface area contributed by atoms with Crippen molar-refractivity contribution < 1.29 is 14.3 Å². The molecule has 0 fully saturated rings. The SMILES string of the molecule is COC(=O)c1sc(-c2cc(OC)cs2)c(C(C)C)c1N. The van der Waals surface area contributed by atoms with Crippen molar-refractivity contribution >= 4 is 34.3 Å². The average Bonchev–Trinajstić information content (AvgIpc) is 3.01. The minimum absolute atomic E-state index is 0.229. The van der Waals surface area contributed by atoms with E-state index in [0.717, 1.165) is 21.1 Å². The maximum absolute atomic E-state index is 11.8. The maximum atomic E-state index is 11.8. The van der Waals surface area contributed by atoms with Crippen LogP contribution in [-0.4, -0.2) is 20.2 Å². The first-order valence-corrected chi connectivity index (χ1v) is 7.82. The van der Waals surface area contributed by atoms with Crippen LogP contribution in [0, 0.1) is 0 Å². The number of ether oxygens (including phenoxy) is 2. The lowest BCUT2D eigenvalue weighted by atomic mass is 10.0. The van der Waals surface area contributed by atoms with Crippen LogP contribution in [-0.2, 0) is 4.74 Å². The number of rotatable bonds is 4. The second kappa shape index (κ2) is 5.85. The van der Waals surface area contributed by atoms with Gasteiger partial charge in [-0.15, -0.1) is 22.7 Å². The third kappa shape index (κ3) is 2.53. The molecule has 2 aromatic heterocycles. The van der Waals surface area contributed by atoms with Crippen LogP contribution in [0.3, 0.4) is 0 Å². The fourth-order valence-corrected chi connectivity index (χ4v) is 4.29. The number of carbonyl (C=O) groups is 1. The third-order valence-corrected chi connectivity index (χ3v) is 5.26. The molecule has 0 saturated heterocycles. The summed E-state index contributed by atoms with van der Waals surface area (Å²) in [5, 5.41) is 1.94. The minimum Gasteiger partial charge on any atom is -0.496 e. The van der Waals surface area contributed by atoms with Crippen molar-refractivity contribution in [3.63, 3.8) is 0 Å². The Morgan fingerprint density at radius 1 is 1.35 bits per heavy atom. The molecule has 0 atom stereocenters. The number of nitrogens with two attached hydrogens (primary N) is 1. The van der Waals surface area contributed by atoms with Crippen molar-refractivity contribution in [2.45, 2.75) is 19.8 Å². The number of hydrogen-bond acceptors (Lipinski definition) is 6. The number of nitrogen functional groups attached to an aromatic ring is 1. The smallest absolute Gasteiger partial charge is 0.350 e. The van der Waals surface area contributed by atoms with Gasteiger partial charge in [-0.2, -0.15) is 0 Å². The normalized spacial score (nSPS) is 10.8. The van der Waals surface area contributed by atoms with Gasteiger partial charge in [0.05, 0.1) is 24.8 Å². The summed E-state index contributed by atoms with van der Waals surface area (Å²) in [7, 11) is 3.00. The summed E-state index contributed by atoms with van der Waals surface area (Å²) in [6.45, 7) is 4.13. The predicted molar refractivity (Wildman–Crippen MR) is 84.0 cm³/mol. The lowest BCUT2D eigenvalue weighted by Crippen LogP contribution is -2.03. The van der Waals surface area contributed by atoms with E-state index in [9.17, 15) is 4.79 Å². The van der Waals surface area contributed by atoms with Crippen LogP contribution >= 0.6 is 22.7 Å². The molecular weight excluding hydrogens is 294 g/mol. The van der Waals surface area contributed by atoms with Gasteiger partial charge in [-0.1, -0.05) is 13.8 Å². The zero-order chi connectivity index (χ0) is 14.9. The second-order valence-electron chi connectivity index (χ2n) is 4.58. The molecule has 2 rings (SSSR count). The molecule has 0 bridgehead atoms. The Morgan fingerprint density at radius 3 is 2.55 bits per heavy atom. The molecule has 4 nitrogen and oxygen atoms in total. The molecule has 0 aliphatic carbocycles. The molecule has 108 valence electrons. The van der Waals surface area contributed by atoms with E-state index in [1.807, 2.05) is 11.4 Å². The standard InChI is InChI=1S/C14H17NO3S2/c1-7(2)10-11(15)13(14(16)18-4)20-12(10)9-5-8(17-3)6-19-9/h5-7H,15H2,1-4H3. The molecule has 0 saturated carbocycles. The molecule has 0 unspecified atom stereocenters. The minimum atomic E-state index is -0.385. The molecule has 0 spiro atoms. The largest absolute Gasteiger partial charge is 0.496 e. The molecule has 0 radical (unpaired) electrons. The fraction of sp³-hybridized carbons (Fsp3) is 0.357. The van der Waals surface area contributed by atoms with Crippen LogP contribution in [0.1, 0.15) is 35.0 Å². The van der Waals surface area contributed by atoms with Gasteiger partial charge < -0.3 is 15.2 Å². The van der Waals surface area contributed by atoms with Gasteiger partial charge in [0.1, 0.15) is 10.6 Å². The van der Waals surface area contributed by atoms with Gasteiger partial charge in [0, 0.05) is 10.3 Å². The van der Waals surface area contributed by atoms with E-state index in [1.54, 1.807) is 18.4 Å². The molecule has 0 aliphatic heterocycles. The van der Waals surface area contributed by atoms with E-state index in [1.165, 1.54) is 18.4 Å². The zero-order valence-corrected chi connectivity index (χ0v) is 13.5. The molecule has 6 heteroatoms. The summed E-state index contributed by atoms with van der Waals surface area (Å²) in [5.74, 6) is 0.656. The van der Waals surface area contributed by atoms with E-state index in [2.05, 4.69) is 13.8 Å². The van der Waals surface area contributed by atoms with Crippen molar-refractivity contribution in [1.82, 2.24) is 0 Å². The summed E-state index contributed by atoms with van der Waals surface area (Å²) in [6, 6.07) is 1.96. The molecule has 2 aromatic rings. The number of esters is 1. The van der Waals surface area contributed by atoms with Crippen LogP contribution < -0.4 is 10.5 Å². The van der Waals surface area contributed by atoms with Crippen molar-refractivity contribution in [3.05, 3.63) is 21.9 Å². The van der Waals surface area contributed by atoms with Crippen LogP contribution in [0.4, 0.5) is 5.69 Å². The summed E-state index contributed by atoms with van der Waals surface area (Å²) in [6.07, 6.45) is 0. The van der Waals surface area contributed by atoms with Gasteiger partial charge >= 0.3 is 5.97 Å². The summed E-state index contributed by atoms with van der Waals surface area (Å²) >= 11 is 2.96. The van der Waals surface area contributed by atoms with Gasteiger partial charge in [0.15, 0.2) is 0 Å². The van der Waals surface area contributed by atoms with Crippen LogP contribution in [0.5, 0.6) is 5.75 Å². The molecule has 0 aromatic carbocycles. The Balaban J connectivity index is 2.59. The third-order valence-electron chi connectivity index (χ3n) is 2.97. The molecule has 2 heterocycles. The van der Waals surface area contributed by atoms with E-state index < -0.39 is 0 Å². The zero-order valence-electron chi connectivity index (χ0n) is 11.9. The van der Waals surface area contributed by atoms with Gasteiger partial charge in [-0.05, 0) is 17.5 Å². The topological polar surface area (TPSA) is 61.5 Å². The summed E-state index contributed by atoms with van der Waals surface area (Å²) < 4.78 is 10.0. The van der Waals surface area contributed by atoms with E-state index in [0.29, 0.717) is 10.6 Å². The van der Waals surface area contributed by atoms with Crippen LogP contribution in [0.25, 0.3) is 9.75 Å². The number of carbonyl (C=O) groups excluding carboxylic acids is 1. The molecule has 20 heavy (non-hydrogen) atoms. The molecular formula is C14H17NO3S2. The van der Waals surface area contributed by atoms with Crippen LogP contribution in [0.15, 0.2) is 11.4 Å². The number of hydrogen-bond donors (Lipinski definition) is 1. The van der Waals surface area contributed by atoms with E-state index in [-0.39, 0.29) is 11.9 Å². The Morgan fingerprint density at radius 2 is 2.05 bits per heavy atom. The molecule has 2 N–H and O–H groups in total. The number of anilines is 1. The van der Waals surface area contributed by atoms with Gasteiger partial charge in [0.25, 0.3) is 0 Å². The second-order valence-corrected chi connectivity index (χ2v) is 6.52. The van der Waals surface area contributed by atoms with Crippen molar-refractivity contribution in [2.75, 3.05) is 20.0 Å². The predicted octanol–water partition coefficient (Wildman–Crippen LogP) is 3.98. The highest BCUT2D eigenvalue weighted by atomic mass is 32.1. The van der Waals surface area contributed by atoms with E-state index >= 15 is 0 Å². The highest BCUT2D eigenvalue weighted by molar-refractivity contribution is 7.23. The lowest BCUT2D eigenvalue weighted by Gasteiger charge is -2.07. The maximum Gasteiger partial charge on any atom is 0.350 e. The first-order chi connectivity index (χ1) is 9.49. The van der Waals surface area contributed by atoms with Gasteiger partial charge in [-0.3, -0.25) is 0 Å². The summed E-state index contributed by atoms with van der Waals surface area (Å²) in [5.41, 5.74) is 7.67. The van der Waals surface area contributed by atoms with Crippen molar-refractivity contribution in [2.24, 2.45) is 0 Å². The number of thiophene rings is 2. The first-order valence-electron chi connectivity index (χ1n) is 6.13. The molecule has 0 aliphatic rings. The van der Waals surface area contributed by atoms with Crippen molar-refractivity contribution in [3.8, 4) is 15.5 Å². The Bertz CT molecular complexity index is 628.